The van der Waals surface area contributed by atoms with Crippen LogP contribution < -0.4 is 10.1 Å². The van der Waals surface area contributed by atoms with E-state index in [9.17, 15) is 4.79 Å². The summed E-state index contributed by atoms with van der Waals surface area (Å²) in [6.45, 7) is 2.98. The van der Waals surface area contributed by atoms with Gasteiger partial charge in [0.25, 0.3) is 5.91 Å². The predicted octanol–water partition coefficient (Wildman–Crippen LogP) is 3.53. The van der Waals surface area contributed by atoms with E-state index in [1.54, 1.807) is 19.2 Å². The number of hydrogen-bond acceptors (Lipinski definition) is 4. The highest BCUT2D eigenvalue weighted by atomic mass is 16.5. The number of rotatable bonds is 5. The number of piperidine rings is 1. The Hall–Kier alpha value is -2.27. The quantitative estimate of drug-likeness (QED) is 0.917. The fourth-order valence-corrected chi connectivity index (χ4v) is 2.82. The number of furan rings is 1. The molecule has 1 N–H and O–H groups in total. The summed E-state index contributed by atoms with van der Waals surface area (Å²) in [6.07, 6.45) is 3.79. The molecule has 2 aromatic rings. The monoisotopic (exact) mass is 314 g/mol. The molecule has 0 aliphatic carbocycles. The van der Waals surface area contributed by atoms with E-state index < -0.39 is 0 Å². The van der Waals surface area contributed by atoms with E-state index in [1.165, 1.54) is 19.3 Å². The second-order valence-electron chi connectivity index (χ2n) is 5.79. The number of nitrogens with one attached hydrogen (secondary N) is 1. The summed E-state index contributed by atoms with van der Waals surface area (Å²) in [5.74, 6) is 1.62. The summed E-state index contributed by atoms with van der Waals surface area (Å²) in [6, 6.07) is 10.9. The van der Waals surface area contributed by atoms with Crippen LogP contribution in [0.15, 0.2) is 40.8 Å². The maximum Gasteiger partial charge on any atom is 0.291 e. The van der Waals surface area contributed by atoms with Gasteiger partial charge in [-0.25, -0.2) is 0 Å². The minimum atomic E-state index is -0.247. The molecule has 1 fully saturated rings. The molecule has 23 heavy (non-hydrogen) atoms. The summed E-state index contributed by atoms with van der Waals surface area (Å²) >= 11 is 0. The van der Waals surface area contributed by atoms with Crippen molar-refractivity contribution in [3.05, 3.63) is 47.9 Å². The Morgan fingerprint density at radius 3 is 2.83 bits per heavy atom. The standard InChI is InChI=1S/C18H22N2O3/c1-22-15-7-5-6-14(12-15)19-18(21)17-9-8-16(23-17)13-20-10-3-2-4-11-20/h5-9,12H,2-4,10-11,13H2,1H3,(H,19,21). The lowest BCUT2D eigenvalue weighted by molar-refractivity contribution is 0.0992. The molecule has 0 spiro atoms. The predicted molar refractivity (Wildman–Crippen MR) is 88.8 cm³/mol. The number of nitrogens with zero attached hydrogens (tertiary/aromatic N) is 1. The number of carbonyl (C=O) groups excluding carboxylic acids is 1. The normalized spacial score (nSPS) is 15.3. The van der Waals surface area contributed by atoms with Crippen LogP contribution in [0, 0.1) is 0 Å². The second-order valence-corrected chi connectivity index (χ2v) is 5.79. The summed E-state index contributed by atoms with van der Waals surface area (Å²) in [5, 5.41) is 2.82. The lowest BCUT2D eigenvalue weighted by atomic mass is 10.1. The number of anilines is 1. The van der Waals surface area contributed by atoms with Crippen molar-refractivity contribution in [2.24, 2.45) is 0 Å². The minimum absolute atomic E-state index is 0.247. The Bertz CT molecular complexity index is 660. The molecule has 0 radical (unpaired) electrons. The first-order valence-electron chi connectivity index (χ1n) is 8.01. The van der Waals surface area contributed by atoms with Crippen molar-refractivity contribution in [3.63, 3.8) is 0 Å². The van der Waals surface area contributed by atoms with Crippen molar-refractivity contribution in [1.82, 2.24) is 4.90 Å². The lowest BCUT2D eigenvalue weighted by Gasteiger charge is -2.25. The Labute approximate surface area is 136 Å². The molecule has 1 aliphatic rings. The first-order valence-corrected chi connectivity index (χ1v) is 8.01. The summed E-state index contributed by atoms with van der Waals surface area (Å²) in [5.41, 5.74) is 0.684. The maximum atomic E-state index is 12.3. The lowest BCUT2D eigenvalue weighted by Crippen LogP contribution is -2.28. The Kier molecular flexibility index (Phi) is 4.98. The largest absolute Gasteiger partial charge is 0.497 e. The second kappa shape index (κ2) is 7.33. The van der Waals surface area contributed by atoms with Gasteiger partial charge in [0.1, 0.15) is 11.5 Å². The first-order chi connectivity index (χ1) is 11.2. The molecule has 1 saturated heterocycles. The number of amides is 1. The molecular weight excluding hydrogens is 292 g/mol. The van der Waals surface area contributed by atoms with Crippen LogP contribution in [0.1, 0.15) is 35.6 Å². The van der Waals surface area contributed by atoms with E-state index in [0.29, 0.717) is 17.2 Å². The molecule has 5 heteroatoms. The zero-order valence-electron chi connectivity index (χ0n) is 13.4. The highest BCUT2D eigenvalue weighted by molar-refractivity contribution is 6.02. The van der Waals surface area contributed by atoms with Gasteiger partial charge in [0.05, 0.1) is 13.7 Å². The zero-order chi connectivity index (χ0) is 16.1. The number of hydrogen-bond donors (Lipinski definition) is 1. The molecular formula is C18H22N2O3. The number of methoxy groups -OCH3 is 1. The average Bonchev–Trinajstić information content (AvgIpc) is 3.04. The summed E-state index contributed by atoms with van der Waals surface area (Å²) in [4.78, 5) is 14.6. The topological polar surface area (TPSA) is 54.7 Å². The van der Waals surface area contributed by atoms with Crippen molar-refractivity contribution in [3.8, 4) is 5.75 Å². The number of benzene rings is 1. The van der Waals surface area contributed by atoms with Crippen molar-refractivity contribution < 1.29 is 13.9 Å². The van der Waals surface area contributed by atoms with Gasteiger partial charge in [-0.3, -0.25) is 9.69 Å². The third-order valence-electron chi connectivity index (χ3n) is 4.04. The number of ether oxygens (including phenoxy) is 1. The minimum Gasteiger partial charge on any atom is -0.497 e. The molecule has 1 amide bonds. The van der Waals surface area contributed by atoms with Crippen LogP contribution >= 0.6 is 0 Å². The molecule has 0 atom stereocenters. The van der Waals surface area contributed by atoms with Gasteiger partial charge in [0.2, 0.25) is 0 Å². The van der Waals surface area contributed by atoms with Crippen LogP contribution in [0.3, 0.4) is 0 Å². The molecule has 2 heterocycles. The van der Waals surface area contributed by atoms with E-state index in [0.717, 1.165) is 25.4 Å². The van der Waals surface area contributed by atoms with Crippen molar-refractivity contribution in [2.75, 3.05) is 25.5 Å². The molecule has 5 nitrogen and oxygen atoms in total. The molecule has 122 valence electrons. The van der Waals surface area contributed by atoms with E-state index in [-0.39, 0.29) is 5.91 Å². The van der Waals surface area contributed by atoms with Gasteiger partial charge in [-0.15, -0.1) is 0 Å². The molecule has 1 aliphatic heterocycles. The zero-order valence-corrected chi connectivity index (χ0v) is 13.4. The number of carbonyl (C=O) groups is 1. The van der Waals surface area contributed by atoms with Crippen LogP contribution in [0.5, 0.6) is 5.75 Å². The maximum absolute atomic E-state index is 12.3. The van der Waals surface area contributed by atoms with E-state index in [1.807, 2.05) is 24.3 Å². The first kappa shape index (κ1) is 15.6. The molecule has 0 bridgehead atoms. The molecule has 1 aromatic carbocycles. The average molecular weight is 314 g/mol. The van der Waals surface area contributed by atoms with E-state index in [4.69, 9.17) is 9.15 Å². The van der Waals surface area contributed by atoms with Crippen molar-refractivity contribution in [1.29, 1.82) is 0 Å². The summed E-state index contributed by atoms with van der Waals surface area (Å²) in [7, 11) is 1.60. The van der Waals surface area contributed by atoms with Gasteiger partial charge in [-0.05, 0) is 50.2 Å². The van der Waals surface area contributed by atoms with Crippen LogP contribution in [0.2, 0.25) is 0 Å². The molecule has 3 rings (SSSR count). The highest BCUT2D eigenvalue weighted by Gasteiger charge is 2.15. The highest BCUT2D eigenvalue weighted by Crippen LogP contribution is 2.19. The van der Waals surface area contributed by atoms with Crippen LogP contribution in [0.4, 0.5) is 5.69 Å². The van der Waals surface area contributed by atoms with Gasteiger partial charge in [0, 0.05) is 11.8 Å². The summed E-state index contributed by atoms with van der Waals surface area (Å²) < 4.78 is 10.8. The number of likely N-dealkylation sites (tertiary alicyclic amines) is 1. The molecule has 0 saturated carbocycles. The van der Waals surface area contributed by atoms with Gasteiger partial charge in [0.15, 0.2) is 5.76 Å². The van der Waals surface area contributed by atoms with Gasteiger partial charge >= 0.3 is 0 Å². The third-order valence-corrected chi connectivity index (χ3v) is 4.04. The Balaban J connectivity index is 1.61. The fraction of sp³-hybridized carbons (Fsp3) is 0.389. The van der Waals surface area contributed by atoms with Gasteiger partial charge in [-0.2, -0.15) is 0 Å². The van der Waals surface area contributed by atoms with Crippen molar-refractivity contribution >= 4 is 11.6 Å². The van der Waals surface area contributed by atoms with Gasteiger partial charge < -0.3 is 14.5 Å². The Morgan fingerprint density at radius 1 is 1.22 bits per heavy atom. The molecule has 1 aromatic heterocycles. The Morgan fingerprint density at radius 2 is 2.04 bits per heavy atom. The van der Waals surface area contributed by atoms with Crippen LogP contribution in [-0.2, 0) is 6.54 Å². The van der Waals surface area contributed by atoms with Gasteiger partial charge in [-0.1, -0.05) is 12.5 Å². The fourth-order valence-electron chi connectivity index (χ4n) is 2.82. The third kappa shape index (κ3) is 4.13. The van der Waals surface area contributed by atoms with Crippen LogP contribution in [0.25, 0.3) is 0 Å². The molecule has 0 unspecified atom stereocenters. The van der Waals surface area contributed by atoms with Crippen molar-refractivity contribution in [2.45, 2.75) is 25.8 Å². The SMILES string of the molecule is COc1cccc(NC(=O)c2ccc(CN3CCCCC3)o2)c1. The van der Waals surface area contributed by atoms with E-state index in [2.05, 4.69) is 10.2 Å². The smallest absolute Gasteiger partial charge is 0.291 e. The van der Waals surface area contributed by atoms with E-state index >= 15 is 0 Å². The van der Waals surface area contributed by atoms with Crippen LogP contribution in [-0.4, -0.2) is 31.0 Å².